The summed E-state index contributed by atoms with van der Waals surface area (Å²) in [7, 11) is 0. The van der Waals surface area contributed by atoms with E-state index < -0.39 is 18.4 Å². The van der Waals surface area contributed by atoms with Gasteiger partial charge in [0.15, 0.2) is 0 Å². The van der Waals surface area contributed by atoms with Crippen LogP contribution in [0.15, 0.2) is 9.67 Å². The van der Waals surface area contributed by atoms with Gasteiger partial charge in [-0.15, -0.1) is 0 Å². The molecule has 0 unspecified atom stereocenters. The molecule has 18 heavy (non-hydrogen) atoms. The Morgan fingerprint density at radius 1 is 0.889 bits per heavy atom. The van der Waals surface area contributed by atoms with E-state index in [0.29, 0.717) is 0 Å². The molecule has 0 aliphatic rings. The van der Waals surface area contributed by atoms with Gasteiger partial charge in [0.1, 0.15) is 0 Å². The SMILES string of the molecule is CCC[CH2][Sn](/[CH]=C(\C)C=O)([CH2]CCC)[CH2]CCC. The third kappa shape index (κ3) is 7.60. The summed E-state index contributed by atoms with van der Waals surface area (Å²) in [5.41, 5.74) is 1.01. The summed E-state index contributed by atoms with van der Waals surface area (Å²) in [6.07, 6.45) is 9.06. The van der Waals surface area contributed by atoms with Gasteiger partial charge < -0.3 is 0 Å². The molecular weight excluding hydrogens is 327 g/mol. The zero-order valence-electron chi connectivity index (χ0n) is 12.9. The molecule has 0 bridgehead atoms. The standard InChI is InChI=1S/C4H5O.3C4H9.Sn/c1-4(2)3-5;3*1-3-4-2;/h1,3H,2H3;3*1,3-4H2,2H3;. The Morgan fingerprint density at radius 3 is 1.56 bits per heavy atom. The number of hydrogen-bond donors (Lipinski definition) is 0. The van der Waals surface area contributed by atoms with Gasteiger partial charge in [-0.1, -0.05) is 0 Å². The van der Waals surface area contributed by atoms with Crippen molar-refractivity contribution >= 4 is 24.7 Å². The fraction of sp³-hybridized carbons (Fsp3) is 0.812. The monoisotopic (exact) mass is 360 g/mol. The number of allylic oxidation sites excluding steroid dienone is 1. The van der Waals surface area contributed by atoms with Crippen LogP contribution in [0.4, 0.5) is 0 Å². The van der Waals surface area contributed by atoms with Crippen molar-refractivity contribution in [2.24, 2.45) is 0 Å². The van der Waals surface area contributed by atoms with Crippen LogP contribution < -0.4 is 0 Å². The minimum absolute atomic E-state index is 1.01. The van der Waals surface area contributed by atoms with Gasteiger partial charge >= 0.3 is 119 Å². The van der Waals surface area contributed by atoms with Crippen LogP contribution in [0.25, 0.3) is 0 Å². The first-order chi connectivity index (χ1) is 8.64. The number of carbonyl (C=O) groups excluding carboxylic acids is 1. The molecule has 0 radical (unpaired) electrons. The second-order valence-electron chi connectivity index (χ2n) is 5.68. The van der Waals surface area contributed by atoms with Crippen molar-refractivity contribution in [1.29, 1.82) is 0 Å². The number of hydrogen-bond acceptors (Lipinski definition) is 1. The van der Waals surface area contributed by atoms with E-state index in [1.807, 2.05) is 6.92 Å². The summed E-state index contributed by atoms with van der Waals surface area (Å²) in [6.45, 7) is 8.86. The second-order valence-corrected chi connectivity index (χ2v) is 18.6. The predicted octanol–water partition coefficient (Wildman–Crippen LogP) is 5.52. The molecule has 0 N–H and O–H groups in total. The van der Waals surface area contributed by atoms with Gasteiger partial charge in [0.2, 0.25) is 0 Å². The first kappa shape index (κ1) is 18.2. The molecular formula is C16H32OSn. The van der Waals surface area contributed by atoms with Crippen LogP contribution in [-0.2, 0) is 4.79 Å². The van der Waals surface area contributed by atoms with Crippen LogP contribution in [0.1, 0.15) is 66.2 Å². The first-order valence-corrected chi connectivity index (χ1v) is 15.5. The van der Waals surface area contributed by atoms with E-state index in [0.717, 1.165) is 11.9 Å². The number of rotatable bonds is 11. The molecule has 0 amide bonds. The van der Waals surface area contributed by atoms with Crippen molar-refractivity contribution in [2.75, 3.05) is 0 Å². The average molecular weight is 359 g/mol. The van der Waals surface area contributed by atoms with Crippen molar-refractivity contribution in [1.82, 2.24) is 0 Å². The summed E-state index contributed by atoms with van der Waals surface area (Å²) in [5, 5.41) is 0. The summed E-state index contributed by atoms with van der Waals surface area (Å²) in [6, 6.07) is 0. The van der Waals surface area contributed by atoms with Gasteiger partial charge in [-0.25, -0.2) is 0 Å². The quantitative estimate of drug-likeness (QED) is 0.270. The molecule has 0 saturated carbocycles. The Kier molecular flexibility index (Phi) is 11.2. The van der Waals surface area contributed by atoms with Gasteiger partial charge in [-0.2, -0.15) is 0 Å². The molecule has 0 fully saturated rings. The van der Waals surface area contributed by atoms with E-state index >= 15 is 0 Å². The molecule has 0 aromatic rings. The van der Waals surface area contributed by atoms with Crippen LogP contribution in [-0.4, -0.2) is 24.7 Å². The van der Waals surface area contributed by atoms with Crippen molar-refractivity contribution in [3.63, 3.8) is 0 Å². The maximum absolute atomic E-state index is 11.0. The molecule has 1 nitrogen and oxygen atoms in total. The van der Waals surface area contributed by atoms with Gasteiger partial charge in [-0.05, 0) is 0 Å². The Morgan fingerprint density at radius 2 is 1.28 bits per heavy atom. The predicted molar refractivity (Wildman–Crippen MR) is 84.7 cm³/mol. The third-order valence-corrected chi connectivity index (χ3v) is 18.4. The van der Waals surface area contributed by atoms with Crippen LogP contribution in [0, 0.1) is 0 Å². The molecule has 0 aliphatic carbocycles. The fourth-order valence-corrected chi connectivity index (χ4v) is 18.1. The molecule has 0 aromatic heterocycles. The third-order valence-electron chi connectivity index (χ3n) is 3.80. The van der Waals surface area contributed by atoms with E-state index in [2.05, 4.69) is 24.9 Å². The Labute approximate surface area is 118 Å². The minimum atomic E-state index is -2.17. The molecule has 0 heterocycles. The van der Waals surface area contributed by atoms with Crippen LogP contribution in [0.3, 0.4) is 0 Å². The summed E-state index contributed by atoms with van der Waals surface area (Å²) in [4.78, 5) is 11.0. The normalized spacial score (nSPS) is 12.8. The van der Waals surface area contributed by atoms with E-state index in [4.69, 9.17) is 0 Å². The summed E-state index contributed by atoms with van der Waals surface area (Å²) < 4.78 is 6.85. The van der Waals surface area contributed by atoms with Crippen molar-refractivity contribution in [3.05, 3.63) is 9.67 Å². The summed E-state index contributed by atoms with van der Waals surface area (Å²) >= 11 is -2.17. The van der Waals surface area contributed by atoms with Crippen LogP contribution in [0.5, 0.6) is 0 Å². The number of carbonyl (C=O) groups is 1. The topological polar surface area (TPSA) is 17.1 Å². The van der Waals surface area contributed by atoms with Crippen molar-refractivity contribution < 1.29 is 4.79 Å². The number of aldehydes is 1. The van der Waals surface area contributed by atoms with E-state index in [9.17, 15) is 4.79 Å². The van der Waals surface area contributed by atoms with Gasteiger partial charge in [0.25, 0.3) is 0 Å². The molecule has 0 atom stereocenters. The van der Waals surface area contributed by atoms with Crippen molar-refractivity contribution in [3.8, 4) is 0 Å². The Bertz CT molecular complexity index is 224. The van der Waals surface area contributed by atoms with E-state index in [1.54, 1.807) is 0 Å². The first-order valence-electron chi connectivity index (χ1n) is 7.78. The second kappa shape index (κ2) is 11.1. The average Bonchev–Trinajstić information content (AvgIpc) is 2.40. The maximum atomic E-state index is 11.0. The number of unbranched alkanes of at least 4 members (excludes halogenated alkanes) is 3. The van der Waals surface area contributed by atoms with Crippen LogP contribution in [0.2, 0.25) is 13.3 Å². The molecule has 106 valence electrons. The van der Waals surface area contributed by atoms with E-state index in [1.165, 1.54) is 51.8 Å². The van der Waals surface area contributed by atoms with Crippen molar-refractivity contribution in [2.45, 2.75) is 79.5 Å². The molecule has 0 aromatic carbocycles. The fourth-order valence-electron chi connectivity index (χ4n) is 2.70. The van der Waals surface area contributed by atoms with Gasteiger partial charge in [0.05, 0.1) is 0 Å². The molecule has 0 aliphatic heterocycles. The Hall–Kier alpha value is 0.209. The van der Waals surface area contributed by atoms with Gasteiger partial charge in [0, 0.05) is 0 Å². The van der Waals surface area contributed by atoms with Crippen LogP contribution >= 0.6 is 0 Å². The molecule has 2 heteroatoms. The Balaban J connectivity index is 4.90. The molecule has 0 rings (SSSR count). The molecule has 0 saturated heterocycles. The van der Waals surface area contributed by atoms with Gasteiger partial charge in [-0.3, -0.25) is 0 Å². The summed E-state index contributed by atoms with van der Waals surface area (Å²) in [5.74, 6) is 0. The zero-order chi connectivity index (χ0) is 13.9. The molecule has 0 spiro atoms. The zero-order valence-corrected chi connectivity index (χ0v) is 15.8. The van der Waals surface area contributed by atoms with E-state index in [-0.39, 0.29) is 0 Å².